The minimum atomic E-state index is -3.69. The maximum absolute atomic E-state index is 12.7. The average Bonchev–Trinajstić information content (AvgIpc) is 3.27. The second-order valence-electron chi connectivity index (χ2n) is 7.37. The number of halogens is 2. The number of oxazole rings is 1. The van der Waals surface area contributed by atoms with Crippen LogP contribution in [0.2, 0.25) is 0 Å². The van der Waals surface area contributed by atoms with Gasteiger partial charge >= 0.3 is 6.61 Å². The first-order valence-electron chi connectivity index (χ1n) is 10.2. The fraction of sp³-hybridized carbons (Fsp3) is 0.261. The number of hydrogen-bond acceptors (Lipinski definition) is 6. The number of rotatable bonds is 9. The van der Waals surface area contributed by atoms with Crippen LogP contribution in [0.15, 0.2) is 58.1 Å². The molecule has 4 rings (SSSR count). The standard InChI is InChI=1S/C23H22F2N2O5S/c1-30-19-6-2-15(3-7-19)22-27-18(14-31-22)10-11-26-33(28,29)21-9-5-16-12-20(32-23(24)25)8-4-17(16)13-21/h2-4,6-8,12-14,23,26H,5,9-11H2,1H3. The van der Waals surface area contributed by atoms with Crippen molar-refractivity contribution < 1.29 is 31.1 Å². The molecule has 0 amide bonds. The van der Waals surface area contributed by atoms with Crippen LogP contribution >= 0.6 is 0 Å². The number of alkyl halides is 2. The molecule has 0 saturated carbocycles. The summed E-state index contributed by atoms with van der Waals surface area (Å²) in [6, 6.07) is 11.7. The van der Waals surface area contributed by atoms with Crippen molar-refractivity contribution in [2.45, 2.75) is 25.9 Å². The lowest BCUT2D eigenvalue weighted by Gasteiger charge is -2.18. The highest BCUT2D eigenvalue weighted by Crippen LogP contribution is 2.30. The Morgan fingerprint density at radius 1 is 1.12 bits per heavy atom. The lowest BCUT2D eigenvalue weighted by molar-refractivity contribution is -0.0498. The number of fused-ring (bicyclic) bond motifs is 1. The number of aryl methyl sites for hydroxylation is 1. The lowest BCUT2D eigenvalue weighted by Crippen LogP contribution is -2.28. The van der Waals surface area contributed by atoms with E-state index in [9.17, 15) is 17.2 Å². The van der Waals surface area contributed by atoms with Crippen molar-refractivity contribution in [1.82, 2.24) is 9.71 Å². The van der Waals surface area contributed by atoms with E-state index in [4.69, 9.17) is 9.15 Å². The summed E-state index contributed by atoms with van der Waals surface area (Å²) in [5.41, 5.74) is 2.85. The summed E-state index contributed by atoms with van der Waals surface area (Å²) >= 11 is 0. The van der Waals surface area contributed by atoms with Gasteiger partial charge < -0.3 is 13.9 Å². The Hall–Kier alpha value is -3.24. The summed E-state index contributed by atoms with van der Waals surface area (Å²) in [4.78, 5) is 4.65. The molecule has 0 unspecified atom stereocenters. The zero-order valence-corrected chi connectivity index (χ0v) is 18.6. The number of sulfonamides is 1. The van der Waals surface area contributed by atoms with Crippen LogP contribution in [0.3, 0.4) is 0 Å². The molecule has 2 aromatic carbocycles. The van der Waals surface area contributed by atoms with Crippen LogP contribution < -0.4 is 14.2 Å². The number of benzene rings is 2. The van der Waals surface area contributed by atoms with Crippen LogP contribution in [0.1, 0.15) is 23.2 Å². The number of nitrogens with one attached hydrogen (secondary N) is 1. The molecule has 0 bridgehead atoms. The number of hydrogen-bond donors (Lipinski definition) is 1. The van der Waals surface area contributed by atoms with Crippen molar-refractivity contribution >= 4 is 16.1 Å². The van der Waals surface area contributed by atoms with Gasteiger partial charge in [0.05, 0.1) is 17.7 Å². The summed E-state index contributed by atoms with van der Waals surface area (Å²) in [6.07, 6.45) is 4.11. The molecular weight excluding hydrogens is 454 g/mol. The fourth-order valence-corrected chi connectivity index (χ4v) is 4.73. The van der Waals surface area contributed by atoms with E-state index in [2.05, 4.69) is 14.4 Å². The normalized spacial score (nSPS) is 13.5. The molecule has 0 aliphatic heterocycles. The lowest BCUT2D eigenvalue weighted by atomic mass is 9.97. The Kier molecular flexibility index (Phi) is 6.75. The largest absolute Gasteiger partial charge is 0.497 e. The quantitative estimate of drug-likeness (QED) is 0.492. The fourth-order valence-electron chi connectivity index (χ4n) is 3.53. The molecule has 0 saturated heterocycles. The van der Waals surface area contributed by atoms with Gasteiger partial charge in [-0.2, -0.15) is 8.78 Å². The second kappa shape index (κ2) is 9.72. The first-order valence-corrected chi connectivity index (χ1v) is 11.7. The molecule has 1 aliphatic rings. The highest BCUT2D eigenvalue weighted by Gasteiger charge is 2.22. The highest BCUT2D eigenvalue weighted by atomic mass is 32.2. The summed E-state index contributed by atoms with van der Waals surface area (Å²) in [5, 5.41) is 0. The molecule has 33 heavy (non-hydrogen) atoms. The topological polar surface area (TPSA) is 90.7 Å². The minimum absolute atomic E-state index is 0.0585. The van der Waals surface area contributed by atoms with Crippen LogP contribution in [0.4, 0.5) is 8.78 Å². The predicted molar refractivity (Wildman–Crippen MR) is 118 cm³/mol. The van der Waals surface area contributed by atoms with Crippen molar-refractivity contribution in [3.05, 3.63) is 70.5 Å². The summed E-state index contributed by atoms with van der Waals surface area (Å²) in [7, 11) is -2.10. The summed E-state index contributed by atoms with van der Waals surface area (Å²) in [5.74, 6) is 1.22. The van der Waals surface area contributed by atoms with Gasteiger partial charge in [0, 0.05) is 18.5 Å². The molecule has 7 nitrogen and oxygen atoms in total. The van der Waals surface area contributed by atoms with Crippen LogP contribution in [0, 0.1) is 0 Å². The van der Waals surface area contributed by atoms with E-state index in [1.807, 2.05) is 12.1 Å². The number of methoxy groups -OCH3 is 1. The molecule has 0 fully saturated rings. The Bertz CT molecular complexity index is 1250. The molecule has 174 valence electrons. The Morgan fingerprint density at radius 2 is 1.88 bits per heavy atom. The maximum Gasteiger partial charge on any atom is 0.387 e. The second-order valence-corrected chi connectivity index (χ2v) is 9.19. The number of aromatic nitrogens is 1. The molecule has 1 aliphatic carbocycles. The molecule has 1 N–H and O–H groups in total. The van der Waals surface area contributed by atoms with Gasteiger partial charge in [-0.25, -0.2) is 18.1 Å². The monoisotopic (exact) mass is 476 g/mol. The van der Waals surface area contributed by atoms with Gasteiger partial charge in [-0.1, -0.05) is 6.07 Å². The third kappa shape index (κ3) is 5.58. The predicted octanol–water partition coefficient (Wildman–Crippen LogP) is 4.40. The maximum atomic E-state index is 12.7. The summed E-state index contributed by atoms with van der Waals surface area (Å²) in [6.45, 7) is -2.75. The number of nitrogens with zero attached hydrogens (tertiary/aromatic N) is 1. The molecule has 3 aromatic rings. The average molecular weight is 477 g/mol. The van der Waals surface area contributed by atoms with Gasteiger partial charge in [0.15, 0.2) is 0 Å². The van der Waals surface area contributed by atoms with Crippen molar-refractivity contribution in [2.75, 3.05) is 13.7 Å². The Labute approximate surface area is 190 Å². The van der Waals surface area contributed by atoms with E-state index in [1.54, 1.807) is 31.4 Å². The molecule has 1 heterocycles. The zero-order chi connectivity index (χ0) is 23.4. The van der Waals surface area contributed by atoms with Gasteiger partial charge in [0.2, 0.25) is 15.9 Å². The SMILES string of the molecule is COc1ccc(-c2nc(CCNS(=O)(=O)C3=Cc4ccc(OC(F)F)cc4CC3)co2)cc1. The number of ether oxygens (including phenoxy) is 2. The molecule has 0 spiro atoms. The van der Waals surface area contributed by atoms with Crippen molar-refractivity contribution in [1.29, 1.82) is 0 Å². The van der Waals surface area contributed by atoms with Crippen LogP contribution in [0.5, 0.6) is 11.5 Å². The van der Waals surface area contributed by atoms with E-state index in [0.717, 1.165) is 16.9 Å². The van der Waals surface area contributed by atoms with E-state index in [-0.39, 0.29) is 23.6 Å². The van der Waals surface area contributed by atoms with Crippen LogP contribution in [-0.2, 0) is 22.9 Å². The van der Waals surface area contributed by atoms with Gasteiger partial charge in [-0.05, 0) is 66.4 Å². The Balaban J connectivity index is 1.37. The molecule has 1 aromatic heterocycles. The third-order valence-electron chi connectivity index (χ3n) is 5.20. The number of allylic oxidation sites excluding steroid dienone is 1. The van der Waals surface area contributed by atoms with E-state index >= 15 is 0 Å². The minimum Gasteiger partial charge on any atom is -0.497 e. The van der Waals surface area contributed by atoms with Crippen molar-refractivity contribution in [2.24, 2.45) is 0 Å². The van der Waals surface area contributed by atoms with Gasteiger partial charge in [-0.15, -0.1) is 0 Å². The smallest absolute Gasteiger partial charge is 0.387 e. The van der Waals surface area contributed by atoms with E-state index in [1.165, 1.54) is 18.4 Å². The van der Waals surface area contributed by atoms with Crippen molar-refractivity contribution in [3.8, 4) is 23.0 Å². The van der Waals surface area contributed by atoms with Gasteiger partial charge in [-0.3, -0.25) is 0 Å². The highest BCUT2D eigenvalue weighted by molar-refractivity contribution is 7.93. The van der Waals surface area contributed by atoms with Crippen LogP contribution in [0.25, 0.3) is 17.5 Å². The zero-order valence-electron chi connectivity index (χ0n) is 17.8. The first-order chi connectivity index (χ1) is 15.8. The van der Waals surface area contributed by atoms with Crippen LogP contribution in [-0.4, -0.2) is 33.7 Å². The molecular formula is C23H22F2N2O5S. The van der Waals surface area contributed by atoms with E-state index in [0.29, 0.717) is 30.0 Å². The van der Waals surface area contributed by atoms with E-state index < -0.39 is 16.6 Å². The molecule has 10 heteroatoms. The summed E-state index contributed by atoms with van der Waals surface area (Å²) < 4.78 is 67.9. The first kappa shape index (κ1) is 22.9. The van der Waals surface area contributed by atoms with Crippen molar-refractivity contribution in [3.63, 3.8) is 0 Å². The Morgan fingerprint density at radius 3 is 2.61 bits per heavy atom. The van der Waals surface area contributed by atoms with Gasteiger partial charge in [0.25, 0.3) is 0 Å². The third-order valence-corrected chi connectivity index (χ3v) is 6.80. The van der Waals surface area contributed by atoms with Gasteiger partial charge in [0.1, 0.15) is 17.8 Å². The molecule has 0 radical (unpaired) electrons. The molecule has 0 atom stereocenters.